The Balaban J connectivity index is 1.32. The van der Waals surface area contributed by atoms with Gasteiger partial charge in [-0.1, -0.05) is 54.1 Å². The van der Waals surface area contributed by atoms with Gasteiger partial charge in [-0.15, -0.1) is 0 Å². The van der Waals surface area contributed by atoms with Crippen molar-refractivity contribution in [2.75, 3.05) is 23.2 Å². The van der Waals surface area contributed by atoms with Crippen LogP contribution >= 0.6 is 0 Å². The number of anilines is 5. The smallest absolute Gasteiger partial charge is 0.343 e. The van der Waals surface area contributed by atoms with Gasteiger partial charge in [0.05, 0.1) is 18.9 Å². The molecule has 0 saturated heterocycles. The maximum Gasteiger partial charge on any atom is 0.343 e. The third kappa shape index (κ3) is 7.42. The zero-order valence-corrected chi connectivity index (χ0v) is 22.4. The third-order valence-corrected chi connectivity index (χ3v) is 5.72. The second-order valence-electron chi connectivity index (χ2n) is 8.83. The summed E-state index contributed by atoms with van der Waals surface area (Å²) in [7, 11) is 1.51. The number of nitrogens with one attached hydrogen (secondary N) is 3. The van der Waals surface area contributed by atoms with Crippen LogP contribution in [0, 0.1) is 6.92 Å². The molecule has 0 aliphatic carbocycles. The Morgan fingerprint density at radius 2 is 1.37 bits per heavy atom. The van der Waals surface area contributed by atoms with Crippen LogP contribution < -0.4 is 25.5 Å². The summed E-state index contributed by atoms with van der Waals surface area (Å²) in [6.07, 6.45) is 1.58. The molecule has 0 radical (unpaired) electrons. The van der Waals surface area contributed by atoms with Gasteiger partial charge < -0.3 is 20.1 Å². The summed E-state index contributed by atoms with van der Waals surface area (Å²) in [6.45, 7) is 1.91. The minimum absolute atomic E-state index is 0.226. The number of methoxy groups -OCH3 is 1. The normalized spacial score (nSPS) is 10.7. The molecule has 10 heteroatoms. The highest BCUT2D eigenvalue weighted by Crippen LogP contribution is 2.28. The lowest BCUT2D eigenvalue weighted by Crippen LogP contribution is -2.09. The Morgan fingerprint density at radius 3 is 1.98 bits per heavy atom. The van der Waals surface area contributed by atoms with Gasteiger partial charge in [-0.3, -0.25) is 0 Å². The molecule has 5 aromatic rings. The number of hydrogen-bond acceptors (Lipinski definition) is 10. The number of carbonyl (C=O) groups excluding carboxylic acids is 1. The monoisotopic (exact) mass is 545 g/mol. The topological polar surface area (TPSA) is 123 Å². The number of benzene rings is 4. The van der Waals surface area contributed by atoms with E-state index in [1.54, 1.807) is 36.5 Å². The van der Waals surface area contributed by atoms with Gasteiger partial charge in [0, 0.05) is 11.4 Å². The van der Waals surface area contributed by atoms with Crippen molar-refractivity contribution < 1.29 is 14.3 Å². The molecule has 4 aromatic carbocycles. The lowest BCUT2D eigenvalue weighted by Gasteiger charge is -2.11. The van der Waals surface area contributed by atoms with Gasteiger partial charge in [-0.05, 0) is 67.1 Å². The second-order valence-corrected chi connectivity index (χ2v) is 8.83. The van der Waals surface area contributed by atoms with E-state index in [4.69, 9.17) is 9.47 Å². The van der Waals surface area contributed by atoms with Crippen molar-refractivity contribution in [3.8, 4) is 11.5 Å². The summed E-state index contributed by atoms with van der Waals surface area (Å²) in [5, 5.41) is 10.6. The van der Waals surface area contributed by atoms with Crippen molar-refractivity contribution >= 4 is 41.4 Å². The number of esters is 1. The number of ether oxygens (including phenoxy) is 2. The van der Waals surface area contributed by atoms with Crippen molar-refractivity contribution in [2.45, 2.75) is 6.92 Å². The van der Waals surface area contributed by atoms with Crippen LogP contribution in [-0.4, -0.2) is 34.2 Å². The Hall–Kier alpha value is -5.77. The van der Waals surface area contributed by atoms with E-state index in [9.17, 15) is 4.79 Å². The SMILES string of the molecule is COc1cc(/C=N\Nc2nc(Nc3ccccc3)nc(Nc3ccccc3)n2)ccc1OC(=O)c1cccc(C)c1. The Kier molecular flexibility index (Phi) is 8.41. The van der Waals surface area contributed by atoms with Gasteiger partial charge in [0.2, 0.25) is 17.8 Å². The molecule has 0 atom stereocenters. The number of aryl methyl sites for hydroxylation is 1. The van der Waals surface area contributed by atoms with Crippen molar-refractivity contribution in [2.24, 2.45) is 5.10 Å². The molecule has 0 spiro atoms. The first-order valence-electron chi connectivity index (χ1n) is 12.7. The zero-order valence-electron chi connectivity index (χ0n) is 22.4. The summed E-state index contributed by atoms with van der Waals surface area (Å²) in [5.74, 6) is 1.12. The lowest BCUT2D eigenvalue weighted by molar-refractivity contribution is 0.0729. The van der Waals surface area contributed by atoms with Crippen LogP contribution in [0.2, 0.25) is 0 Å². The summed E-state index contributed by atoms with van der Waals surface area (Å²) in [6, 6.07) is 31.5. The molecule has 0 unspecified atom stereocenters. The average Bonchev–Trinajstić information content (AvgIpc) is 2.99. The van der Waals surface area contributed by atoms with Gasteiger partial charge in [0.15, 0.2) is 11.5 Å². The highest BCUT2D eigenvalue weighted by molar-refractivity contribution is 5.92. The van der Waals surface area contributed by atoms with Crippen LogP contribution in [0.5, 0.6) is 11.5 Å². The van der Waals surface area contributed by atoms with E-state index in [0.717, 1.165) is 16.9 Å². The zero-order chi connectivity index (χ0) is 28.4. The quantitative estimate of drug-likeness (QED) is 0.0798. The van der Waals surface area contributed by atoms with Crippen LogP contribution in [0.4, 0.5) is 29.2 Å². The van der Waals surface area contributed by atoms with Crippen LogP contribution in [0.25, 0.3) is 0 Å². The predicted molar refractivity (Wildman–Crippen MR) is 160 cm³/mol. The first-order valence-corrected chi connectivity index (χ1v) is 12.7. The first-order chi connectivity index (χ1) is 20.1. The van der Waals surface area contributed by atoms with Gasteiger partial charge in [-0.25, -0.2) is 10.2 Å². The predicted octanol–water partition coefficient (Wildman–Crippen LogP) is 6.34. The number of nitrogens with zero attached hydrogens (tertiary/aromatic N) is 4. The Labute approximate surface area is 237 Å². The molecule has 1 aromatic heterocycles. The molecule has 0 bridgehead atoms. The fraction of sp³-hybridized carbons (Fsp3) is 0.0645. The second kappa shape index (κ2) is 12.9. The Morgan fingerprint density at radius 1 is 0.732 bits per heavy atom. The van der Waals surface area contributed by atoms with E-state index >= 15 is 0 Å². The van der Waals surface area contributed by atoms with Gasteiger partial charge in [-0.2, -0.15) is 20.1 Å². The number of rotatable bonds is 10. The number of hydrazone groups is 1. The van der Waals surface area contributed by atoms with E-state index in [0.29, 0.717) is 34.5 Å². The summed E-state index contributed by atoms with van der Waals surface area (Å²) in [4.78, 5) is 25.9. The molecule has 5 rings (SSSR count). The molecule has 3 N–H and O–H groups in total. The molecule has 10 nitrogen and oxygen atoms in total. The van der Waals surface area contributed by atoms with Crippen molar-refractivity contribution in [1.82, 2.24) is 15.0 Å². The standard InChI is InChI=1S/C31H27N7O3/c1-21-10-9-11-23(18-21)28(39)41-26-17-16-22(19-27(26)40-2)20-32-38-31-36-29(33-24-12-5-3-6-13-24)35-30(37-31)34-25-14-7-4-8-15-25/h3-20H,1-2H3,(H3,33,34,35,36,37,38)/b32-20-. The van der Waals surface area contributed by atoms with Crippen molar-refractivity contribution in [3.63, 3.8) is 0 Å². The molecule has 41 heavy (non-hydrogen) atoms. The molecule has 0 aliphatic heterocycles. The van der Waals surface area contributed by atoms with E-state index < -0.39 is 5.97 Å². The molecule has 0 amide bonds. The van der Waals surface area contributed by atoms with E-state index in [-0.39, 0.29) is 5.95 Å². The summed E-state index contributed by atoms with van der Waals surface area (Å²) < 4.78 is 11.0. The van der Waals surface area contributed by atoms with Crippen molar-refractivity contribution in [3.05, 3.63) is 120 Å². The molecule has 0 saturated carbocycles. The number of aromatic nitrogens is 3. The van der Waals surface area contributed by atoms with Crippen LogP contribution in [0.1, 0.15) is 21.5 Å². The Bertz CT molecular complexity index is 1600. The van der Waals surface area contributed by atoms with Gasteiger partial charge in [0.1, 0.15) is 0 Å². The lowest BCUT2D eigenvalue weighted by atomic mass is 10.1. The molecule has 1 heterocycles. The van der Waals surface area contributed by atoms with Crippen LogP contribution in [0.15, 0.2) is 108 Å². The van der Waals surface area contributed by atoms with E-state index in [1.807, 2.05) is 79.7 Å². The minimum atomic E-state index is -0.468. The number of para-hydroxylation sites is 2. The average molecular weight is 546 g/mol. The number of hydrogen-bond donors (Lipinski definition) is 3. The van der Waals surface area contributed by atoms with Crippen molar-refractivity contribution in [1.29, 1.82) is 0 Å². The maximum atomic E-state index is 12.6. The molecule has 0 aliphatic rings. The van der Waals surface area contributed by atoms with Crippen LogP contribution in [-0.2, 0) is 0 Å². The minimum Gasteiger partial charge on any atom is -0.493 e. The molecular formula is C31H27N7O3. The van der Waals surface area contributed by atoms with E-state index in [2.05, 4.69) is 36.1 Å². The first kappa shape index (κ1) is 26.8. The molecule has 204 valence electrons. The van der Waals surface area contributed by atoms with Gasteiger partial charge >= 0.3 is 5.97 Å². The maximum absolute atomic E-state index is 12.6. The molecular weight excluding hydrogens is 518 g/mol. The molecule has 0 fully saturated rings. The largest absolute Gasteiger partial charge is 0.493 e. The highest BCUT2D eigenvalue weighted by atomic mass is 16.6. The number of carbonyl (C=O) groups is 1. The third-order valence-electron chi connectivity index (χ3n) is 5.72. The summed E-state index contributed by atoms with van der Waals surface area (Å²) in [5.41, 5.74) is 6.64. The van der Waals surface area contributed by atoms with Crippen LogP contribution in [0.3, 0.4) is 0 Å². The highest BCUT2D eigenvalue weighted by Gasteiger charge is 2.13. The van der Waals surface area contributed by atoms with Gasteiger partial charge in [0.25, 0.3) is 0 Å². The summed E-state index contributed by atoms with van der Waals surface area (Å²) >= 11 is 0. The van der Waals surface area contributed by atoms with E-state index in [1.165, 1.54) is 7.11 Å². The fourth-order valence-electron chi connectivity index (χ4n) is 3.78. The fourth-order valence-corrected chi connectivity index (χ4v) is 3.78.